The number of nitrogens with one attached hydrogen (secondary N) is 1. The van der Waals surface area contributed by atoms with E-state index in [1.165, 1.54) is 12.1 Å². The van der Waals surface area contributed by atoms with Gasteiger partial charge in [0.15, 0.2) is 0 Å². The molecule has 228 valence electrons. The Hall–Kier alpha value is -4.29. The number of urea groups is 1. The molecule has 13 heteroatoms. The number of nitrogens with zero attached hydrogens (tertiary/aromatic N) is 4. The molecular weight excluding hydrogens is 573 g/mol. The van der Waals surface area contributed by atoms with E-state index in [0.29, 0.717) is 27.8 Å². The topological polar surface area (TPSA) is 87.5 Å². The number of rotatable bonds is 8. The molecule has 3 aromatic rings. The third-order valence-electron chi connectivity index (χ3n) is 7.85. The molecule has 1 fully saturated rings. The number of benzene rings is 2. The highest BCUT2D eigenvalue weighted by Crippen LogP contribution is 2.49. The van der Waals surface area contributed by atoms with Gasteiger partial charge < -0.3 is 10.2 Å². The van der Waals surface area contributed by atoms with Crippen LogP contribution in [0.2, 0.25) is 0 Å². The predicted octanol–water partition coefficient (Wildman–Crippen LogP) is 5.49. The number of amides is 4. The van der Waals surface area contributed by atoms with Crippen molar-refractivity contribution in [2.45, 2.75) is 64.2 Å². The van der Waals surface area contributed by atoms with Crippen LogP contribution in [0.25, 0.3) is 11.1 Å². The zero-order valence-electron chi connectivity index (χ0n) is 23.7. The van der Waals surface area contributed by atoms with Gasteiger partial charge in [0.1, 0.15) is 30.1 Å². The predicted molar refractivity (Wildman–Crippen MR) is 145 cm³/mol. The Morgan fingerprint density at radius 3 is 2.47 bits per heavy atom. The van der Waals surface area contributed by atoms with Crippen LogP contribution in [0, 0.1) is 11.7 Å². The molecule has 1 N–H and O–H groups in total. The Kier molecular flexibility index (Phi) is 7.78. The van der Waals surface area contributed by atoms with Gasteiger partial charge in [0.05, 0.1) is 6.20 Å². The van der Waals surface area contributed by atoms with Gasteiger partial charge >= 0.3 is 12.2 Å². The zero-order valence-corrected chi connectivity index (χ0v) is 23.7. The summed E-state index contributed by atoms with van der Waals surface area (Å²) in [6, 6.07) is 6.09. The van der Waals surface area contributed by atoms with Gasteiger partial charge in [0.25, 0.3) is 5.91 Å². The molecule has 5 rings (SSSR count). The quantitative estimate of drug-likeness (QED) is 0.273. The van der Waals surface area contributed by atoms with Gasteiger partial charge in [0, 0.05) is 31.3 Å². The molecule has 2 aliphatic rings. The normalized spacial score (nSPS) is 20.6. The van der Waals surface area contributed by atoms with E-state index >= 15 is 4.39 Å². The third kappa shape index (κ3) is 5.72. The number of hydrogen-bond acceptors (Lipinski definition) is 4. The van der Waals surface area contributed by atoms with Gasteiger partial charge in [-0.2, -0.15) is 18.3 Å². The van der Waals surface area contributed by atoms with Crippen molar-refractivity contribution in [3.8, 4) is 11.1 Å². The van der Waals surface area contributed by atoms with Crippen molar-refractivity contribution in [2.75, 3.05) is 6.54 Å². The molecule has 2 heterocycles. The Balaban J connectivity index is 1.39. The summed E-state index contributed by atoms with van der Waals surface area (Å²) >= 11 is 0. The number of carbonyl (C=O) groups excluding carboxylic acids is 3. The van der Waals surface area contributed by atoms with E-state index in [-0.39, 0.29) is 16.7 Å². The monoisotopic (exact) mass is 603 g/mol. The van der Waals surface area contributed by atoms with Crippen LogP contribution < -0.4 is 5.32 Å². The average Bonchev–Trinajstić information content (AvgIpc) is 3.58. The van der Waals surface area contributed by atoms with Gasteiger partial charge in [-0.05, 0) is 53.3 Å². The minimum atomic E-state index is -4.82. The number of hydrogen-bond donors (Lipinski definition) is 1. The first-order valence-electron chi connectivity index (χ1n) is 13.8. The van der Waals surface area contributed by atoms with Crippen LogP contribution in [-0.4, -0.2) is 56.2 Å². The molecule has 1 aliphatic heterocycles. The molecule has 4 amide bonds. The molecule has 2 unspecified atom stereocenters. The van der Waals surface area contributed by atoms with E-state index in [9.17, 15) is 31.9 Å². The van der Waals surface area contributed by atoms with Crippen molar-refractivity contribution >= 4 is 17.8 Å². The minimum Gasteiger partial charge on any atom is -0.325 e. The molecule has 43 heavy (non-hydrogen) atoms. The van der Waals surface area contributed by atoms with Gasteiger partial charge in [0.2, 0.25) is 5.91 Å². The summed E-state index contributed by atoms with van der Waals surface area (Å²) in [5, 5.41) is 6.84. The zero-order chi connectivity index (χ0) is 31.3. The van der Waals surface area contributed by atoms with Crippen LogP contribution in [0.3, 0.4) is 0 Å². The summed E-state index contributed by atoms with van der Waals surface area (Å²) in [5.74, 6) is -2.32. The van der Waals surface area contributed by atoms with Crippen LogP contribution >= 0.6 is 0 Å². The molecule has 0 bridgehead atoms. The lowest BCUT2D eigenvalue weighted by atomic mass is 9.90. The highest BCUT2D eigenvalue weighted by molar-refractivity contribution is 6.10. The second-order valence-corrected chi connectivity index (χ2v) is 11.4. The summed E-state index contributed by atoms with van der Waals surface area (Å²) in [6.45, 7) is 4.03. The molecule has 0 radical (unpaired) electrons. The SMILES string of the molecule is CC(C)Cn1cc(-c2ccc3c(c2)C(F)CC32NC(=O)N(CC(=O)N(Cc3ccc(F)cc3)[C@@H](C)C(F)(F)F)C2=O)cn1. The Morgan fingerprint density at radius 2 is 1.81 bits per heavy atom. The lowest BCUT2D eigenvalue weighted by Crippen LogP contribution is -2.51. The molecule has 8 nitrogen and oxygen atoms in total. The van der Waals surface area contributed by atoms with Crippen molar-refractivity contribution in [3.05, 3.63) is 77.4 Å². The lowest BCUT2D eigenvalue weighted by molar-refractivity contribution is -0.187. The maximum Gasteiger partial charge on any atom is 0.408 e. The standard InChI is InChI=1S/C30H30F5N5O3/c1-17(2)13-38-15-21(12-36-38)20-6-9-24-23(10-20)25(32)11-29(24)27(42)40(28(43)37-29)16-26(41)39(18(3)30(33,34)35)14-19-4-7-22(31)8-5-19/h4-10,12,15,17-18,25H,11,13-14,16H2,1-3H3,(H,37,43)/t18-,25?,29?/m0/s1. The first-order valence-corrected chi connectivity index (χ1v) is 13.8. The van der Waals surface area contributed by atoms with Crippen molar-refractivity contribution in [2.24, 2.45) is 5.92 Å². The molecular formula is C30H30F5N5O3. The van der Waals surface area contributed by atoms with E-state index in [2.05, 4.69) is 10.4 Å². The summed E-state index contributed by atoms with van der Waals surface area (Å²) < 4.78 is 71.6. The number of halogens is 5. The van der Waals surface area contributed by atoms with E-state index in [0.717, 1.165) is 24.6 Å². The number of fused-ring (bicyclic) bond motifs is 2. The van der Waals surface area contributed by atoms with Crippen molar-refractivity contribution < 1.29 is 36.3 Å². The highest BCUT2D eigenvalue weighted by Gasteiger charge is 2.59. The van der Waals surface area contributed by atoms with Gasteiger partial charge in [-0.3, -0.25) is 19.2 Å². The average molecular weight is 604 g/mol. The van der Waals surface area contributed by atoms with Crippen molar-refractivity contribution in [3.63, 3.8) is 0 Å². The minimum absolute atomic E-state index is 0.194. The molecule has 0 saturated carbocycles. The summed E-state index contributed by atoms with van der Waals surface area (Å²) in [5.41, 5.74) is 0.234. The van der Waals surface area contributed by atoms with Crippen LogP contribution in [-0.2, 0) is 28.2 Å². The summed E-state index contributed by atoms with van der Waals surface area (Å²) in [4.78, 5) is 40.9. The summed E-state index contributed by atoms with van der Waals surface area (Å²) in [7, 11) is 0. The maximum atomic E-state index is 15.4. The fraction of sp³-hybridized carbons (Fsp3) is 0.400. The van der Waals surface area contributed by atoms with E-state index in [1.807, 2.05) is 20.0 Å². The number of alkyl halides is 4. The molecule has 1 spiro atoms. The van der Waals surface area contributed by atoms with Gasteiger partial charge in [-0.15, -0.1) is 0 Å². The van der Waals surface area contributed by atoms with Crippen molar-refractivity contribution in [1.29, 1.82) is 0 Å². The van der Waals surface area contributed by atoms with Crippen molar-refractivity contribution in [1.82, 2.24) is 24.9 Å². The Morgan fingerprint density at radius 1 is 1.12 bits per heavy atom. The maximum absolute atomic E-state index is 15.4. The van der Waals surface area contributed by atoms with Gasteiger partial charge in [-0.1, -0.05) is 38.1 Å². The second kappa shape index (κ2) is 11.1. The van der Waals surface area contributed by atoms with Crippen LogP contribution in [0.5, 0.6) is 0 Å². The van der Waals surface area contributed by atoms with Crippen LogP contribution in [0.1, 0.15) is 50.1 Å². The first-order chi connectivity index (χ1) is 20.2. The van der Waals surface area contributed by atoms with Gasteiger partial charge in [-0.25, -0.2) is 13.6 Å². The first kappa shape index (κ1) is 30.2. The molecule has 1 aliphatic carbocycles. The Bertz CT molecular complexity index is 1550. The molecule has 1 saturated heterocycles. The summed E-state index contributed by atoms with van der Waals surface area (Å²) in [6.07, 6.45) is -3.39. The fourth-order valence-electron chi connectivity index (χ4n) is 5.59. The largest absolute Gasteiger partial charge is 0.408 e. The van der Waals surface area contributed by atoms with Crippen LogP contribution in [0.15, 0.2) is 54.9 Å². The molecule has 1 aromatic heterocycles. The second-order valence-electron chi connectivity index (χ2n) is 11.4. The number of carbonyl (C=O) groups is 3. The molecule has 2 aromatic carbocycles. The van der Waals surface area contributed by atoms with Crippen LogP contribution in [0.4, 0.5) is 26.7 Å². The number of imide groups is 1. The Labute approximate surface area is 244 Å². The fourth-order valence-corrected chi connectivity index (χ4v) is 5.59. The van der Waals surface area contributed by atoms with E-state index < -0.39 is 67.1 Å². The molecule has 3 atom stereocenters. The third-order valence-corrected chi connectivity index (χ3v) is 7.85. The lowest BCUT2D eigenvalue weighted by Gasteiger charge is -2.32. The smallest absolute Gasteiger partial charge is 0.325 e. The van der Waals surface area contributed by atoms with E-state index in [4.69, 9.17) is 0 Å². The highest BCUT2D eigenvalue weighted by atomic mass is 19.4. The number of aromatic nitrogens is 2. The van der Waals surface area contributed by atoms with E-state index in [1.54, 1.807) is 29.1 Å².